The smallest absolute Gasteiger partial charge is 0.180 e. The Hall–Kier alpha value is -0.800. The molecule has 0 heterocycles. The second-order valence-corrected chi connectivity index (χ2v) is 4.02. The van der Waals surface area contributed by atoms with Gasteiger partial charge in [0.05, 0.1) is 33.8 Å². The van der Waals surface area contributed by atoms with Crippen molar-refractivity contribution in [3.63, 3.8) is 0 Å². The van der Waals surface area contributed by atoms with Crippen molar-refractivity contribution in [3.05, 3.63) is 26.8 Å². The van der Waals surface area contributed by atoms with E-state index in [0.29, 0.717) is 20.4 Å². The third kappa shape index (κ3) is 2.41. The van der Waals surface area contributed by atoms with Gasteiger partial charge in [-0.25, -0.2) is 0 Å². The summed E-state index contributed by atoms with van der Waals surface area (Å²) >= 11 is 7.45. The van der Waals surface area contributed by atoms with Crippen molar-refractivity contribution < 1.29 is 9.53 Å². The average molecular weight is 336 g/mol. The molecular formula is C10H7ClINO2. The molecule has 0 unspecified atom stereocenters. The largest absolute Gasteiger partial charge is 0.496 e. The summed E-state index contributed by atoms with van der Waals surface area (Å²) in [6.45, 7) is 0. The van der Waals surface area contributed by atoms with Gasteiger partial charge in [-0.05, 0) is 34.7 Å². The van der Waals surface area contributed by atoms with Crippen molar-refractivity contribution in [1.29, 1.82) is 5.26 Å². The highest BCUT2D eigenvalue weighted by Gasteiger charge is 2.17. The first-order valence-electron chi connectivity index (χ1n) is 4.01. The van der Waals surface area contributed by atoms with Crippen LogP contribution in [0, 0.1) is 14.9 Å². The maximum atomic E-state index is 11.5. The number of carbonyl (C=O) groups is 1. The van der Waals surface area contributed by atoms with Crippen LogP contribution in [0.15, 0.2) is 12.1 Å². The summed E-state index contributed by atoms with van der Waals surface area (Å²) in [5, 5.41) is 8.86. The number of hydrogen-bond donors (Lipinski definition) is 0. The van der Waals surface area contributed by atoms with Crippen LogP contribution in [0.1, 0.15) is 15.9 Å². The van der Waals surface area contributed by atoms with Crippen molar-refractivity contribution in [2.75, 3.05) is 13.0 Å². The van der Waals surface area contributed by atoms with E-state index in [0.717, 1.165) is 0 Å². The molecule has 1 aromatic carbocycles. The maximum absolute atomic E-state index is 11.5. The summed E-state index contributed by atoms with van der Waals surface area (Å²) in [5.74, 6) is 0.164. The highest BCUT2D eigenvalue weighted by atomic mass is 127. The zero-order chi connectivity index (χ0) is 11.4. The highest BCUT2D eigenvalue weighted by Crippen LogP contribution is 2.27. The molecule has 0 spiro atoms. The van der Waals surface area contributed by atoms with Crippen molar-refractivity contribution in [2.45, 2.75) is 0 Å². The minimum atomic E-state index is -0.267. The monoisotopic (exact) mass is 335 g/mol. The Morgan fingerprint density at radius 1 is 1.67 bits per heavy atom. The quantitative estimate of drug-likeness (QED) is 0.485. The molecule has 0 saturated heterocycles. The molecule has 0 N–H and O–H groups in total. The third-order valence-electron chi connectivity index (χ3n) is 1.85. The predicted molar refractivity (Wildman–Crippen MR) is 65.5 cm³/mol. The summed E-state index contributed by atoms with van der Waals surface area (Å²) in [4.78, 5) is 11.5. The Kier molecular flexibility index (Phi) is 4.36. The molecule has 0 aliphatic heterocycles. The lowest BCUT2D eigenvalue weighted by Crippen LogP contribution is -2.07. The fourth-order valence-corrected chi connectivity index (χ4v) is 2.27. The predicted octanol–water partition coefficient (Wildman–Crippen LogP) is 2.59. The lowest BCUT2D eigenvalue weighted by Gasteiger charge is -2.08. The molecule has 0 bridgehead atoms. The Morgan fingerprint density at radius 2 is 2.33 bits per heavy atom. The molecule has 78 valence electrons. The molecule has 0 aliphatic carbocycles. The molecular weight excluding hydrogens is 328 g/mol. The van der Waals surface area contributed by atoms with E-state index < -0.39 is 0 Å². The summed E-state index contributed by atoms with van der Waals surface area (Å²) in [5.41, 5.74) is 0.665. The van der Waals surface area contributed by atoms with Crippen LogP contribution in [0.3, 0.4) is 0 Å². The first-order valence-corrected chi connectivity index (χ1v) is 5.62. The minimum Gasteiger partial charge on any atom is -0.496 e. The Labute approximate surface area is 106 Å². The van der Waals surface area contributed by atoms with Crippen LogP contribution in [-0.2, 0) is 0 Å². The van der Waals surface area contributed by atoms with E-state index in [2.05, 4.69) is 0 Å². The van der Waals surface area contributed by atoms with Crippen molar-refractivity contribution in [1.82, 2.24) is 0 Å². The minimum absolute atomic E-state index is 0.141. The number of nitrogens with zero attached hydrogens (tertiary/aromatic N) is 1. The first kappa shape index (κ1) is 12.3. The van der Waals surface area contributed by atoms with Gasteiger partial charge < -0.3 is 4.74 Å². The lowest BCUT2D eigenvalue weighted by molar-refractivity contribution is 0.101. The van der Waals surface area contributed by atoms with Gasteiger partial charge in [0.25, 0.3) is 0 Å². The molecule has 0 aliphatic rings. The van der Waals surface area contributed by atoms with Crippen molar-refractivity contribution in [3.8, 4) is 11.8 Å². The molecule has 15 heavy (non-hydrogen) atoms. The van der Waals surface area contributed by atoms with Gasteiger partial charge in [0.15, 0.2) is 5.78 Å². The van der Waals surface area contributed by atoms with Crippen LogP contribution in [-0.4, -0.2) is 18.8 Å². The number of ketones is 1. The lowest BCUT2D eigenvalue weighted by atomic mass is 10.1. The molecule has 1 rings (SSSR count). The van der Waals surface area contributed by atoms with E-state index in [1.165, 1.54) is 7.11 Å². The van der Waals surface area contributed by atoms with Crippen LogP contribution in [0.25, 0.3) is 0 Å². The number of hydrogen-bond acceptors (Lipinski definition) is 3. The Morgan fingerprint density at radius 3 is 2.80 bits per heavy atom. The standard InChI is InChI=1S/C10H7ClINO2/c1-15-8-3-2-6(5-13)9(10(8)12)7(14)4-11/h2-3H,4H2,1H3. The van der Waals surface area contributed by atoms with Crippen molar-refractivity contribution >= 4 is 40.0 Å². The zero-order valence-electron chi connectivity index (χ0n) is 7.88. The molecule has 0 atom stereocenters. The van der Waals surface area contributed by atoms with E-state index in [1.54, 1.807) is 12.1 Å². The van der Waals surface area contributed by atoms with Gasteiger partial charge in [-0.15, -0.1) is 11.6 Å². The van der Waals surface area contributed by atoms with Gasteiger partial charge >= 0.3 is 0 Å². The number of nitriles is 1. The van der Waals surface area contributed by atoms with E-state index in [1.807, 2.05) is 28.7 Å². The SMILES string of the molecule is COc1ccc(C#N)c(C(=O)CCl)c1I. The molecule has 1 aromatic rings. The van der Waals surface area contributed by atoms with Gasteiger partial charge in [0, 0.05) is 0 Å². The fraction of sp³-hybridized carbons (Fsp3) is 0.200. The molecule has 0 amide bonds. The topological polar surface area (TPSA) is 50.1 Å². The summed E-state index contributed by atoms with van der Waals surface area (Å²) in [7, 11) is 1.51. The fourth-order valence-electron chi connectivity index (χ4n) is 1.15. The number of rotatable bonds is 3. The van der Waals surface area contributed by atoms with Crippen molar-refractivity contribution in [2.24, 2.45) is 0 Å². The molecule has 0 fully saturated rings. The number of halogens is 2. The van der Waals surface area contributed by atoms with E-state index in [9.17, 15) is 4.79 Å². The van der Waals surface area contributed by atoms with Crippen LogP contribution in [0.2, 0.25) is 0 Å². The number of methoxy groups -OCH3 is 1. The summed E-state index contributed by atoms with van der Waals surface area (Å²) in [6.07, 6.45) is 0. The van der Waals surface area contributed by atoms with E-state index >= 15 is 0 Å². The molecule has 0 saturated carbocycles. The van der Waals surface area contributed by atoms with Gasteiger partial charge in [-0.3, -0.25) is 4.79 Å². The van der Waals surface area contributed by atoms with Gasteiger partial charge in [-0.1, -0.05) is 0 Å². The first-order chi connectivity index (χ1) is 7.15. The number of benzene rings is 1. The van der Waals surface area contributed by atoms with E-state index in [-0.39, 0.29) is 11.7 Å². The number of alkyl halides is 1. The normalized spacial score (nSPS) is 9.47. The Bertz CT molecular complexity index is 440. The van der Waals surface area contributed by atoms with Gasteiger partial charge in [-0.2, -0.15) is 5.26 Å². The number of carbonyl (C=O) groups excluding carboxylic acids is 1. The molecule has 0 aromatic heterocycles. The van der Waals surface area contributed by atoms with Gasteiger partial charge in [0.2, 0.25) is 0 Å². The Balaban J connectivity index is 3.44. The molecule has 3 nitrogen and oxygen atoms in total. The zero-order valence-corrected chi connectivity index (χ0v) is 10.8. The maximum Gasteiger partial charge on any atom is 0.180 e. The number of Topliss-reactive ketones (excluding diaryl/α,β-unsaturated/α-hetero) is 1. The second-order valence-electron chi connectivity index (χ2n) is 2.67. The van der Waals surface area contributed by atoms with Crippen LogP contribution >= 0.6 is 34.2 Å². The van der Waals surface area contributed by atoms with Crippen LogP contribution in [0.4, 0.5) is 0 Å². The number of ether oxygens (including phenoxy) is 1. The highest BCUT2D eigenvalue weighted by molar-refractivity contribution is 14.1. The molecule has 5 heteroatoms. The van der Waals surface area contributed by atoms with E-state index in [4.69, 9.17) is 21.6 Å². The average Bonchev–Trinajstić information content (AvgIpc) is 2.27. The van der Waals surface area contributed by atoms with Gasteiger partial charge in [0.1, 0.15) is 5.75 Å². The summed E-state index contributed by atoms with van der Waals surface area (Å²) in [6, 6.07) is 5.18. The third-order valence-corrected chi connectivity index (χ3v) is 3.16. The van der Waals surface area contributed by atoms with Crippen LogP contribution in [0.5, 0.6) is 5.75 Å². The second kappa shape index (κ2) is 5.33. The molecule has 0 radical (unpaired) electrons. The summed E-state index contributed by atoms with van der Waals surface area (Å²) < 4.78 is 5.69. The van der Waals surface area contributed by atoms with Crippen LogP contribution < -0.4 is 4.74 Å².